The van der Waals surface area contributed by atoms with Crippen molar-refractivity contribution in [1.29, 1.82) is 0 Å². The van der Waals surface area contributed by atoms with Gasteiger partial charge in [-0.1, -0.05) is 23.7 Å². The molecule has 2 heterocycles. The number of hydrogen-bond donors (Lipinski definition) is 0. The Bertz CT molecular complexity index is 603. The van der Waals surface area contributed by atoms with E-state index in [-0.39, 0.29) is 0 Å². The van der Waals surface area contributed by atoms with Crippen molar-refractivity contribution < 1.29 is 4.74 Å². The second-order valence-corrected chi connectivity index (χ2v) is 5.35. The highest BCUT2D eigenvalue weighted by Gasteiger charge is 2.26. The molecule has 1 saturated heterocycles. The maximum absolute atomic E-state index is 6.01. The third-order valence-electron chi connectivity index (χ3n) is 3.77. The smallest absolute Gasteiger partial charge is 0.131 e. The van der Waals surface area contributed by atoms with Gasteiger partial charge in [-0.2, -0.15) is 0 Å². The molecule has 1 aliphatic heterocycles. The molecule has 1 fully saturated rings. The Labute approximate surface area is 124 Å². The molecule has 1 aromatic carbocycles. The Kier molecular flexibility index (Phi) is 3.79. The highest BCUT2D eigenvalue weighted by atomic mass is 35.5. The maximum atomic E-state index is 6.01. The van der Waals surface area contributed by atoms with Gasteiger partial charge in [0.15, 0.2) is 0 Å². The molecular weight excluding hydrogens is 272 g/mol. The van der Waals surface area contributed by atoms with Crippen LogP contribution in [0, 0.1) is 0 Å². The predicted molar refractivity (Wildman–Crippen MR) is 81.6 cm³/mol. The minimum Gasteiger partial charge on any atom is -0.497 e. The van der Waals surface area contributed by atoms with Gasteiger partial charge in [0.2, 0.25) is 0 Å². The van der Waals surface area contributed by atoms with Gasteiger partial charge >= 0.3 is 0 Å². The van der Waals surface area contributed by atoms with Crippen LogP contribution in [0.1, 0.15) is 24.4 Å². The lowest BCUT2D eigenvalue weighted by Crippen LogP contribution is -2.22. The van der Waals surface area contributed by atoms with Crippen LogP contribution in [0.2, 0.25) is 5.15 Å². The molecular formula is C16H17ClN2O. The van der Waals surface area contributed by atoms with Gasteiger partial charge in [-0.3, -0.25) is 0 Å². The first-order valence-corrected chi connectivity index (χ1v) is 7.18. The van der Waals surface area contributed by atoms with Crippen LogP contribution in [0.3, 0.4) is 0 Å². The second kappa shape index (κ2) is 5.71. The van der Waals surface area contributed by atoms with Crippen molar-refractivity contribution in [1.82, 2.24) is 4.98 Å². The lowest BCUT2D eigenvalue weighted by Gasteiger charge is -2.27. The van der Waals surface area contributed by atoms with Gasteiger partial charge in [0.1, 0.15) is 10.9 Å². The third kappa shape index (κ3) is 2.59. The minimum atomic E-state index is 0.378. The van der Waals surface area contributed by atoms with Crippen molar-refractivity contribution in [3.63, 3.8) is 0 Å². The highest BCUT2D eigenvalue weighted by molar-refractivity contribution is 6.29. The number of anilines is 1. The maximum Gasteiger partial charge on any atom is 0.131 e. The van der Waals surface area contributed by atoms with Crippen LogP contribution in [0.25, 0.3) is 0 Å². The normalized spacial score (nSPS) is 18.3. The third-order valence-corrected chi connectivity index (χ3v) is 3.98. The van der Waals surface area contributed by atoms with Crippen LogP contribution in [0.4, 0.5) is 5.69 Å². The zero-order valence-electron chi connectivity index (χ0n) is 11.4. The van der Waals surface area contributed by atoms with E-state index in [0.29, 0.717) is 11.2 Å². The summed E-state index contributed by atoms with van der Waals surface area (Å²) in [5.41, 5.74) is 2.42. The van der Waals surface area contributed by atoms with E-state index < -0.39 is 0 Å². The van der Waals surface area contributed by atoms with Gasteiger partial charge in [0, 0.05) is 18.4 Å². The summed E-state index contributed by atoms with van der Waals surface area (Å²) in [6.07, 6.45) is 4.09. The highest BCUT2D eigenvalue weighted by Crippen LogP contribution is 2.37. The molecule has 0 aliphatic carbocycles. The fourth-order valence-electron chi connectivity index (χ4n) is 2.84. The number of halogens is 1. The van der Waals surface area contributed by atoms with E-state index in [1.807, 2.05) is 24.3 Å². The quantitative estimate of drug-likeness (QED) is 0.796. The lowest BCUT2D eigenvalue weighted by atomic mass is 10.0. The Morgan fingerprint density at radius 2 is 2.20 bits per heavy atom. The molecule has 3 nitrogen and oxygen atoms in total. The summed E-state index contributed by atoms with van der Waals surface area (Å²) in [6.45, 7) is 1.04. The summed E-state index contributed by atoms with van der Waals surface area (Å²) < 4.78 is 5.32. The average Bonchev–Trinajstić information content (AvgIpc) is 2.97. The largest absolute Gasteiger partial charge is 0.497 e. The SMILES string of the molecule is COc1cccc(C2CCCN2c2ccnc(Cl)c2)c1. The molecule has 0 bridgehead atoms. The molecule has 20 heavy (non-hydrogen) atoms. The standard InChI is InChI=1S/C16H17ClN2O/c1-20-14-5-2-4-12(10-14)15-6-3-9-19(15)13-7-8-18-16(17)11-13/h2,4-5,7-8,10-11,15H,3,6,9H2,1H3. The Morgan fingerprint density at radius 3 is 3.00 bits per heavy atom. The van der Waals surface area contributed by atoms with Crippen molar-refractivity contribution in [2.45, 2.75) is 18.9 Å². The van der Waals surface area contributed by atoms with E-state index in [4.69, 9.17) is 16.3 Å². The van der Waals surface area contributed by atoms with Crippen LogP contribution < -0.4 is 9.64 Å². The minimum absolute atomic E-state index is 0.378. The zero-order chi connectivity index (χ0) is 13.9. The van der Waals surface area contributed by atoms with Gasteiger partial charge in [0.05, 0.1) is 13.2 Å². The second-order valence-electron chi connectivity index (χ2n) is 4.96. The van der Waals surface area contributed by atoms with Crippen LogP contribution in [-0.2, 0) is 0 Å². The first-order chi connectivity index (χ1) is 9.78. The molecule has 1 aromatic heterocycles. The summed E-state index contributed by atoms with van der Waals surface area (Å²) in [5, 5.41) is 0.541. The molecule has 0 saturated carbocycles. The predicted octanol–water partition coefficient (Wildman–Crippen LogP) is 4.09. The number of pyridine rings is 1. The van der Waals surface area contributed by atoms with Crippen molar-refractivity contribution >= 4 is 17.3 Å². The van der Waals surface area contributed by atoms with Crippen LogP contribution >= 0.6 is 11.6 Å². The number of nitrogens with zero attached hydrogens (tertiary/aromatic N) is 2. The molecule has 104 valence electrons. The van der Waals surface area contributed by atoms with Gasteiger partial charge in [-0.05, 0) is 42.7 Å². The Balaban J connectivity index is 1.92. The number of aromatic nitrogens is 1. The number of benzene rings is 1. The zero-order valence-corrected chi connectivity index (χ0v) is 12.2. The molecule has 3 rings (SSSR count). The van der Waals surface area contributed by atoms with E-state index in [1.54, 1.807) is 13.3 Å². The van der Waals surface area contributed by atoms with Crippen LogP contribution in [0.5, 0.6) is 5.75 Å². The number of methoxy groups -OCH3 is 1. The molecule has 0 radical (unpaired) electrons. The first kappa shape index (κ1) is 13.3. The summed E-state index contributed by atoms with van der Waals surface area (Å²) in [4.78, 5) is 6.45. The summed E-state index contributed by atoms with van der Waals surface area (Å²) in [7, 11) is 1.70. The van der Waals surface area contributed by atoms with E-state index in [2.05, 4.69) is 22.0 Å². The molecule has 4 heteroatoms. The van der Waals surface area contributed by atoms with Gasteiger partial charge in [-0.25, -0.2) is 4.98 Å². The monoisotopic (exact) mass is 288 g/mol. The van der Waals surface area contributed by atoms with Crippen molar-refractivity contribution in [3.8, 4) is 5.75 Å². The van der Waals surface area contributed by atoms with Crippen LogP contribution in [0.15, 0.2) is 42.6 Å². The summed E-state index contributed by atoms with van der Waals surface area (Å²) >= 11 is 6.01. The molecule has 1 atom stereocenters. The average molecular weight is 289 g/mol. The molecule has 1 unspecified atom stereocenters. The molecule has 1 aliphatic rings. The van der Waals surface area contributed by atoms with Gasteiger partial charge in [-0.15, -0.1) is 0 Å². The summed E-state index contributed by atoms with van der Waals surface area (Å²) in [5.74, 6) is 0.905. The molecule has 0 spiro atoms. The Morgan fingerprint density at radius 1 is 1.30 bits per heavy atom. The van der Waals surface area contributed by atoms with E-state index in [9.17, 15) is 0 Å². The fourth-order valence-corrected chi connectivity index (χ4v) is 3.01. The van der Waals surface area contributed by atoms with Crippen molar-refractivity contribution in [3.05, 3.63) is 53.3 Å². The van der Waals surface area contributed by atoms with Gasteiger partial charge in [0.25, 0.3) is 0 Å². The van der Waals surface area contributed by atoms with Crippen molar-refractivity contribution in [2.75, 3.05) is 18.6 Å². The van der Waals surface area contributed by atoms with Crippen molar-refractivity contribution in [2.24, 2.45) is 0 Å². The topological polar surface area (TPSA) is 25.4 Å². The van der Waals surface area contributed by atoms with E-state index >= 15 is 0 Å². The van der Waals surface area contributed by atoms with E-state index in [0.717, 1.165) is 24.4 Å². The van der Waals surface area contributed by atoms with Gasteiger partial charge < -0.3 is 9.64 Å². The molecule has 2 aromatic rings. The lowest BCUT2D eigenvalue weighted by molar-refractivity contribution is 0.414. The first-order valence-electron chi connectivity index (χ1n) is 6.80. The summed E-state index contributed by atoms with van der Waals surface area (Å²) in [6, 6.07) is 12.6. The van der Waals surface area contributed by atoms with Crippen LogP contribution in [-0.4, -0.2) is 18.6 Å². The van der Waals surface area contributed by atoms with E-state index in [1.165, 1.54) is 12.0 Å². The Hall–Kier alpha value is -1.74. The fraction of sp³-hybridized carbons (Fsp3) is 0.312. The number of hydrogen-bond acceptors (Lipinski definition) is 3. The molecule has 0 N–H and O–H groups in total. The molecule has 0 amide bonds. The number of rotatable bonds is 3. The number of ether oxygens (including phenoxy) is 1.